The number of imidazole rings is 1. The van der Waals surface area contributed by atoms with Gasteiger partial charge in [-0.3, -0.25) is 14.9 Å². The van der Waals surface area contributed by atoms with Gasteiger partial charge in [0.1, 0.15) is 0 Å². The number of benzene rings is 2. The van der Waals surface area contributed by atoms with E-state index in [2.05, 4.69) is 15.6 Å². The van der Waals surface area contributed by atoms with Crippen molar-refractivity contribution in [2.24, 2.45) is 0 Å². The third kappa shape index (κ3) is 5.67. The van der Waals surface area contributed by atoms with E-state index in [1.165, 1.54) is 0 Å². The van der Waals surface area contributed by atoms with E-state index < -0.39 is 0 Å². The molecule has 2 N–H and O–H groups in total. The van der Waals surface area contributed by atoms with Crippen molar-refractivity contribution in [3.05, 3.63) is 60.2 Å². The first kappa shape index (κ1) is 21.5. The Morgan fingerprint density at radius 2 is 1.83 bits per heavy atom. The highest BCUT2D eigenvalue weighted by Gasteiger charge is 2.16. The highest BCUT2D eigenvalue weighted by atomic mass is 16.5. The Morgan fingerprint density at radius 3 is 2.60 bits per heavy atom. The summed E-state index contributed by atoms with van der Waals surface area (Å²) in [4.78, 5) is 29.4. The van der Waals surface area contributed by atoms with Crippen molar-refractivity contribution in [1.29, 1.82) is 0 Å². The number of hydrogen-bond acceptors (Lipinski definition) is 4. The molecule has 0 aliphatic heterocycles. The SMILES string of the molecule is CCOCCCn1c(NC(=O)CC(C)NC(=O)c2ccccc2)nc2ccccc21. The van der Waals surface area contributed by atoms with E-state index in [9.17, 15) is 9.59 Å². The summed E-state index contributed by atoms with van der Waals surface area (Å²) in [5, 5.41) is 5.76. The van der Waals surface area contributed by atoms with E-state index in [4.69, 9.17) is 4.74 Å². The van der Waals surface area contributed by atoms with Crippen LogP contribution in [0.4, 0.5) is 5.95 Å². The molecule has 2 amide bonds. The molecule has 1 aromatic heterocycles. The maximum atomic E-state index is 12.6. The number of fused-ring (bicyclic) bond motifs is 1. The molecule has 3 rings (SSSR count). The molecular formula is C23H28N4O3. The van der Waals surface area contributed by atoms with Crippen molar-refractivity contribution in [1.82, 2.24) is 14.9 Å². The Bertz CT molecular complexity index is 985. The van der Waals surface area contributed by atoms with Crippen molar-refractivity contribution in [3.8, 4) is 0 Å². The van der Waals surface area contributed by atoms with E-state index >= 15 is 0 Å². The van der Waals surface area contributed by atoms with E-state index in [1.807, 2.05) is 60.9 Å². The van der Waals surface area contributed by atoms with Crippen LogP contribution in [0.15, 0.2) is 54.6 Å². The van der Waals surface area contributed by atoms with Gasteiger partial charge in [0, 0.05) is 37.8 Å². The van der Waals surface area contributed by atoms with Gasteiger partial charge in [0.2, 0.25) is 11.9 Å². The van der Waals surface area contributed by atoms with Crippen molar-refractivity contribution < 1.29 is 14.3 Å². The third-order valence-electron chi connectivity index (χ3n) is 4.69. The zero-order valence-corrected chi connectivity index (χ0v) is 17.4. The molecule has 2 aromatic carbocycles. The number of rotatable bonds is 10. The van der Waals surface area contributed by atoms with Gasteiger partial charge in [-0.05, 0) is 44.5 Å². The zero-order chi connectivity index (χ0) is 21.3. The van der Waals surface area contributed by atoms with Crippen LogP contribution < -0.4 is 10.6 Å². The number of para-hydroxylation sites is 2. The second-order valence-corrected chi connectivity index (χ2v) is 7.12. The highest BCUT2D eigenvalue weighted by molar-refractivity contribution is 5.95. The molecular weight excluding hydrogens is 380 g/mol. The van der Waals surface area contributed by atoms with Crippen LogP contribution >= 0.6 is 0 Å². The maximum Gasteiger partial charge on any atom is 0.251 e. The summed E-state index contributed by atoms with van der Waals surface area (Å²) in [6.07, 6.45) is 0.974. The molecule has 0 radical (unpaired) electrons. The largest absolute Gasteiger partial charge is 0.382 e. The zero-order valence-electron chi connectivity index (χ0n) is 17.4. The number of nitrogens with one attached hydrogen (secondary N) is 2. The third-order valence-corrected chi connectivity index (χ3v) is 4.69. The Morgan fingerprint density at radius 1 is 1.10 bits per heavy atom. The number of carbonyl (C=O) groups is 2. The van der Waals surface area contributed by atoms with Crippen LogP contribution in [0.3, 0.4) is 0 Å². The molecule has 158 valence electrons. The van der Waals surface area contributed by atoms with E-state index in [1.54, 1.807) is 12.1 Å². The molecule has 0 fully saturated rings. The maximum absolute atomic E-state index is 12.6. The fourth-order valence-electron chi connectivity index (χ4n) is 3.27. The number of carbonyl (C=O) groups excluding carboxylic acids is 2. The number of nitrogens with zero attached hydrogens (tertiary/aromatic N) is 2. The normalized spacial score (nSPS) is 11.9. The minimum absolute atomic E-state index is 0.153. The Labute approximate surface area is 176 Å². The summed E-state index contributed by atoms with van der Waals surface area (Å²) in [6, 6.07) is 16.4. The minimum atomic E-state index is -0.312. The van der Waals surface area contributed by atoms with Gasteiger partial charge >= 0.3 is 0 Å². The van der Waals surface area contributed by atoms with Crippen molar-refractivity contribution in [2.45, 2.75) is 39.3 Å². The Balaban J connectivity index is 1.63. The Hall–Kier alpha value is -3.19. The lowest BCUT2D eigenvalue weighted by Gasteiger charge is -2.14. The first-order chi connectivity index (χ1) is 14.6. The van der Waals surface area contributed by atoms with E-state index in [0.717, 1.165) is 17.5 Å². The summed E-state index contributed by atoms with van der Waals surface area (Å²) in [5.74, 6) is 0.121. The van der Waals surface area contributed by atoms with Gasteiger partial charge in [0.05, 0.1) is 11.0 Å². The first-order valence-electron chi connectivity index (χ1n) is 10.3. The molecule has 0 saturated heterocycles. The molecule has 0 aliphatic carbocycles. The summed E-state index contributed by atoms with van der Waals surface area (Å²) < 4.78 is 7.43. The van der Waals surface area contributed by atoms with Crippen molar-refractivity contribution in [3.63, 3.8) is 0 Å². The average molecular weight is 409 g/mol. The molecule has 1 unspecified atom stereocenters. The number of aromatic nitrogens is 2. The predicted molar refractivity (Wildman–Crippen MR) is 117 cm³/mol. The van der Waals surface area contributed by atoms with Crippen LogP contribution in [0.1, 0.15) is 37.0 Å². The smallest absolute Gasteiger partial charge is 0.251 e. The van der Waals surface area contributed by atoms with Crippen LogP contribution in [0.25, 0.3) is 11.0 Å². The Kier molecular flexibility index (Phi) is 7.57. The van der Waals surface area contributed by atoms with E-state index in [0.29, 0.717) is 31.3 Å². The van der Waals surface area contributed by atoms with Gasteiger partial charge < -0.3 is 14.6 Å². The number of anilines is 1. The second-order valence-electron chi connectivity index (χ2n) is 7.12. The van der Waals surface area contributed by atoms with Crippen molar-refractivity contribution >= 4 is 28.8 Å². The minimum Gasteiger partial charge on any atom is -0.382 e. The predicted octanol–water partition coefficient (Wildman–Crippen LogP) is 3.61. The average Bonchev–Trinajstić information content (AvgIpc) is 3.08. The summed E-state index contributed by atoms with van der Waals surface area (Å²) in [7, 11) is 0. The van der Waals surface area contributed by atoms with Gasteiger partial charge in [0.25, 0.3) is 5.91 Å². The summed E-state index contributed by atoms with van der Waals surface area (Å²) in [5.41, 5.74) is 2.37. The molecule has 0 aliphatic rings. The fraction of sp³-hybridized carbons (Fsp3) is 0.348. The van der Waals surface area contributed by atoms with Crippen LogP contribution in [0.2, 0.25) is 0 Å². The van der Waals surface area contributed by atoms with Gasteiger partial charge in [-0.2, -0.15) is 0 Å². The molecule has 7 heteroatoms. The number of aryl methyl sites for hydroxylation is 1. The lowest BCUT2D eigenvalue weighted by molar-refractivity contribution is -0.116. The van der Waals surface area contributed by atoms with Gasteiger partial charge in [0.15, 0.2) is 0 Å². The molecule has 30 heavy (non-hydrogen) atoms. The lowest BCUT2D eigenvalue weighted by atomic mass is 10.1. The van der Waals surface area contributed by atoms with E-state index in [-0.39, 0.29) is 24.3 Å². The van der Waals surface area contributed by atoms with Crippen LogP contribution in [0, 0.1) is 0 Å². The highest BCUT2D eigenvalue weighted by Crippen LogP contribution is 2.20. The molecule has 7 nitrogen and oxygen atoms in total. The molecule has 1 atom stereocenters. The first-order valence-corrected chi connectivity index (χ1v) is 10.3. The summed E-state index contributed by atoms with van der Waals surface area (Å²) >= 11 is 0. The monoisotopic (exact) mass is 408 g/mol. The molecule has 1 heterocycles. The standard InChI is InChI=1S/C23H28N4O3/c1-3-30-15-9-14-27-20-13-8-7-12-19(20)25-23(27)26-21(28)16-17(2)24-22(29)18-10-5-4-6-11-18/h4-8,10-13,17H,3,9,14-16H2,1-2H3,(H,24,29)(H,25,26,28). The summed E-state index contributed by atoms with van der Waals surface area (Å²) in [6.45, 7) is 5.80. The molecule has 0 bridgehead atoms. The molecule has 0 spiro atoms. The van der Waals surface area contributed by atoms with Crippen LogP contribution in [0.5, 0.6) is 0 Å². The van der Waals surface area contributed by atoms with Gasteiger partial charge in [-0.25, -0.2) is 4.98 Å². The van der Waals surface area contributed by atoms with Crippen LogP contribution in [-0.4, -0.2) is 40.6 Å². The second kappa shape index (κ2) is 10.5. The fourth-order valence-corrected chi connectivity index (χ4v) is 3.27. The number of amides is 2. The van der Waals surface area contributed by atoms with Gasteiger partial charge in [-0.15, -0.1) is 0 Å². The molecule has 3 aromatic rings. The van der Waals surface area contributed by atoms with Crippen molar-refractivity contribution in [2.75, 3.05) is 18.5 Å². The molecule has 0 saturated carbocycles. The van der Waals surface area contributed by atoms with Gasteiger partial charge in [-0.1, -0.05) is 30.3 Å². The quantitative estimate of drug-likeness (QED) is 0.502. The topological polar surface area (TPSA) is 85.2 Å². The number of hydrogen-bond donors (Lipinski definition) is 2. The number of ether oxygens (including phenoxy) is 1. The lowest BCUT2D eigenvalue weighted by Crippen LogP contribution is -2.35. The van der Waals surface area contributed by atoms with Crippen LogP contribution in [-0.2, 0) is 16.1 Å².